The fourth-order valence-electron chi connectivity index (χ4n) is 4.32. The minimum absolute atomic E-state index is 0.0354. The molecular weight excluding hydrogens is 490 g/mol. The number of rotatable bonds is 5. The van der Waals surface area contributed by atoms with E-state index in [0.29, 0.717) is 16.6 Å². The molecule has 2 heterocycles. The number of carbonyl (C=O) groups is 1. The fraction of sp³-hybridized carbons (Fsp3) is 0.320. The van der Waals surface area contributed by atoms with E-state index in [0.717, 1.165) is 5.56 Å². The number of carboxylic acids is 1. The molecule has 11 heteroatoms. The van der Waals surface area contributed by atoms with Crippen LogP contribution in [0.1, 0.15) is 53.0 Å². The lowest BCUT2D eigenvalue weighted by Gasteiger charge is -2.33. The monoisotopic (exact) mass is 510 g/mol. The average molecular weight is 511 g/mol. The number of piperidine rings is 1. The summed E-state index contributed by atoms with van der Waals surface area (Å²) >= 11 is 6.03. The van der Waals surface area contributed by atoms with Crippen molar-refractivity contribution in [1.29, 1.82) is 5.26 Å². The number of alkyl halides is 2. The molecule has 0 saturated carbocycles. The highest BCUT2D eigenvalue weighted by atomic mass is 35.5. The lowest BCUT2D eigenvalue weighted by atomic mass is 10.0. The molecular formula is C25H21ClF2N6O2. The minimum Gasteiger partial charge on any atom is -0.479 e. The number of aromatic carboxylic acids is 1. The topological polar surface area (TPSA) is 107 Å². The smallest absolute Gasteiger partial charge is 0.327 e. The predicted octanol–water partition coefficient (Wildman–Crippen LogP) is 6.12. The van der Waals surface area contributed by atoms with Crippen molar-refractivity contribution in [3.8, 4) is 6.07 Å². The van der Waals surface area contributed by atoms with Crippen molar-refractivity contribution in [2.75, 3.05) is 23.3 Å². The van der Waals surface area contributed by atoms with E-state index in [4.69, 9.17) is 23.2 Å². The van der Waals surface area contributed by atoms with Crippen LogP contribution >= 0.6 is 11.6 Å². The second-order valence-corrected chi connectivity index (χ2v) is 9.08. The zero-order chi connectivity index (χ0) is 26.2. The number of carboxylic acid groups (broad SMARTS) is 1. The summed E-state index contributed by atoms with van der Waals surface area (Å²) in [6.07, 6.45) is -0.678. The van der Waals surface area contributed by atoms with Gasteiger partial charge in [-0.2, -0.15) is 5.26 Å². The van der Waals surface area contributed by atoms with Crippen molar-refractivity contribution < 1.29 is 18.7 Å². The number of nitriles is 1. The van der Waals surface area contributed by atoms with E-state index in [-0.39, 0.29) is 59.4 Å². The second-order valence-electron chi connectivity index (χ2n) is 8.67. The lowest BCUT2D eigenvalue weighted by molar-refractivity contribution is -0.0221. The maximum atomic E-state index is 13.7. The van der Waals surface area contributed by atoms with Gasteiger partial charge in [0.25, 0.3) is 5.92 Å². The van der Waals surface area contributed by atoms with Gasteiger partial charge in [0.15, 0.2) is 11.5 Å². The Hall–Kier alpha value is -4.02. The van der Waals surface area contributed by atoms with Crippen LogP contribution in [0.2, 0.25) is 5.02 Å². The number of nitrogens with one attached hydrogen (secondary N) is 1. The molecule has 0 aliphatic carbocycles. The molecule has 1 atom stereocenters. The van der Waals surface area contributed by atoms with Gasteiger partial charge in [-0.1, -0.05) is 23.7 Å². The number of aromatic nitrogens is 2. The van der Waals surface area contributed by atoms with E-state index < -0.39 is 17.9 Å². The summed E-state index contributed by atoms with van der Waals surface area (Å²) in [4.78, 5) is 26.0. The van der Waals surface area contributed by atoms with Gasteiger partial charge in [-0.05, 0) is 31.5 Å². The minimum atomic E-state index is -2.75. The molecule has 1 aliphatic rings. The molecule has 2 N–H and O–H groups in total. The summed E-state index contributed by atoms with van der Waals surface area (Å²) in [7, 11) is 0. The number of anilines is 2. The number of halogens is 3. The Labute approximate surface area is 211 Å². The third-order valence-corrected chi connectivity index (χ3v) is 6.42. The van der Waals surface area contributed by atoms with Gasteiger partial charge < -0.3 is 15.3 Å². The zero-order valence-electron chi connectivity index (χ0n) is 19.4. The maximum absolute atomic E-state index is 13.7. The van der Waals surface area contributed by atoms with Gasteiger partial charge in [-0.15, -0.1) is 0 Å². The first-order chi connectivity index (χ1) is 17.0. The predicted molar refractivity (Wildman–Crippen MR) is 132 cm³/mol. The molecule has 2 aromatic carbocycles. The van der Waals surface area contributed by atoms with Crippen LogP contribution in [-0.2, 0) is 0 Å². The van der Waals surface area contributed by atoms with E-state index in [1.165, 1.54) is 12.1 Å². The molecule has 1 aliphatic heterocycles. The molecule has 0 unspecified atom stereocenters. The Balaban J connectivity index is 1.80. The van der Waals surface area contributed by atoms with E-state index >= 15 is 0 Å². The number of fused-ring (bicyclic) bond motifs is 1. The molecule has 0 radical (unpaired) electrons. The highest BCUT2D eigenvalue weighted by Gasteiger charge is 2.35. The first-order valence-corrected chi connectivity index (χ1v) is 11.5. The standard InChI is InChI=1S/C25H21ClF2N6O2/c1-13-10-15(14(2)31-17-5-4-16(26)22(30-3)20(17)24(35)36)21-18(11-13)32-19(12-29)23(33-21)34-8-6-25(27,28)7-9-34/h4-5,10-11,14,31H,6-9H2,1-2H3,(H,35,36)/t14-/m1/s1. The molecule has 0 bridgehead atoms. The number of aryl methyl sites for hydroxylation is 1. The molecule has 36 heavy (non-hydrogen) atoms. The number of nitrogens with zero attached hydrogens (tertiary/aromatic N) is 5. The molecule has 1 aromatic heterocycles. The van der Waals surface area contributed by atoms with Gasteiger partial charge in [0.05, 0.1) is 29.2 Å². The van der Waals surface area contributed by atoms with E-state index in [2.05, 4.69) is 15.1 Å². The highest BCUT2D eigenvalue weighted by molar-refractivity contribution is 6.34. The molecule has 1 saturated heterocycles. The van der Waals surface area contributed by atoms with Gasteiger partial charge in [0, 0.05) is 42.2 Å². The van der Waals surface area contributed by atoms with Gasteiger partial charge in [-0.3, -0.25) is 0 Å². The van der Waals surface area contributed by atoms with Crippen LogP contribution in [0, 0.1) is 24.8 Å². The Kier molecular flexibility index (Phi) is 6.66. The van der Waals surface area contributed by atoms with Crippen molar-refractivity contribution in [2.24, 2.45) is 0 Å². The van der Waals surface area contributed by atoms with Crippen LogP contribution in [0.15, 0.2) is 24.3 Å². The first kappa shape index (κ1) is 25.1. The van der Waals surface area contributed by atoms with E-state index in [1.807, 2.05) is 19.1 Å². The van der Waals surface area contributed by atoms with Crippen molar-refractivity contribution in [3.05, 3.63) is 63.1 Å². The van der Waals surface area contributed by atoms with Crippen LogP contribution in [-0.4, -0.2) is 40.1 Å². The van der Waals surface area contributed by atoms with E-state index in [1.54, 1.807) is 17.9 Å². The highest BCUT2D eigenvalue weighted by Crippen LogP contribution is 2.37. The van der Waals surface area contributed by atoms with Gasteiger partial charge in [0.1, 0.15) is 6.07 Å². The van der Waals surface area contributed by atoms with Crippen LogP contribution < -0.4 is 10.2 Å². The Bertz CT molecular complexity index is 1450. The largest absolute Gasteiger partial charge is 0.479 e. The number of benzene rings is 2. The second kappa shape index (κ2) is 9.56. The molecule has 8 nitrogen and oxygen atoms in total. The Morgan fingerprint density at radius 2 is 2.03 bits per heavy atom. The zero-order valence-corrected chi connectivity index (χ0v) is 20.2. The quantitative estimate of drug-likeness (QED) is 0.398. The third kappa shape index (κ3) is 4.73. The molecule has 3 aromatic rings. The average Bonchev–Trinajstić information content (AvgIpc) is 2.83. The number of hydrogen-bond donors (Lipinski definition) is 2. The summed E-state index contributed by atoms with van der Waals surface area (Å²) in [6.45, 7) is 11.1. The molecule has 0 spiro atoms. The third-order valence-electron chi connectivity index (χ3n) is 6.12. The molecule has 4 rings (SSSR count). The van der Waals surface area contributed by atoms with Crippen LogP contribution in [0.5, 0.6) is 0 Å². The van der Waals surface area contributed by atoms with Crippen LogP contribution in [0.25, 0.3) is 15.9 Å². The van der Waals surface area contributed by atoms with Crippen LogP contribution in [0.4, 0.5) is 26.0 Å². The van der Waals surface area contributed by atoms with Gasteiger partial charge in [0.2, 0.25) is 5.69 Å². The summed E-state index contributed by atoms with van der Waals surface area (Å²) in [5.74, 6) is -3.81. The van der Waals surface area contributed by atoms with Crippen LogP contribution in [0.3, 0.4) is 0 Å². The molecule has 184 valence electrons. The SMILES string of the molecule is [C-]#[N+]c1c(Cl)ccc(N[C@H](C)c2cc(C)cc3nc(C#N)c(N4CCC(F)(F)CC4)nc23)c1C(=O)O. The van der Waals surface area contributed by atoms with Gasteiger partial charge >= 0.3 is 5.97 Å². The molecule has 1 fully saturated rings. The summed E-state index contributed by atoms with van der Waals surface area (Å²) in [6, 6.07) is 8.11. The Morgan fingerprint density at radius 1 is 1.33 bits per heavy atom. The normalized spacial score (nSPS) is 15.7. The summed E-state index contributed by atoms with van der Waals surface area (Å²) in [5, 5.41) is 22.6. The number of hydrogen-bond acceptors (Lipinski definition) is 6. The van der Waals surface area contributed by atoms with Gasteiger partial charge in [-0.25, -0.2) is 28.4 Å². The van der Waals surface area contributed by atoms with Crippen molar-refractivity contribution >= 4 is 45.8 Å². The molecule has 0 amide bonds. The summed E-state index contributed by atoms with van der Waals surface area (Å²) < 4.78 is 27.4. The van der Waals surface area contributed by atoms with Crippen molar-refractivity contribution in [3.63, 3.8) is 0 Å². The van der Waals surface area contributed by atoms with Crippen molar-refractivity contribution in [2.45, 2.75) is 38.7 Å². The Morgan fingerprint density at radius 3 is 2.64 bits per heavy atom. The first-order valence-electron chi connectivity index (χ1n) is 11.1. The fourth-order valence-corrected chi connectivity index (χ4v) is 4.52. The van der Waals surface area contributed by atoms with E-state index in [9.17, 15) is 23.9 Å². The summed E-state index contributed by atoms with van der Waals surface area (Å²) in [5.41, 5.74) is 2.28. The maximum Gasteiger partial charge on any atom is 0.327 e. The lowest BCUT2D eigenvalue weighted by Crippen LogP contribution is -2.40. The van der Waals surface area contributed by atoms with Crippen molar-refractivity contribution in [1.82, 2.24) is 9.97 Å².